The predicted octanol–water partition coefficient (Wildman–Crippen LogP) is 1.02. The third kappa shape index (κ3) is 3.76. The molecule has 0 radical (unpaired) electrons. The monoisotopic (exact) mass is 270 g/mol. The lowest BCUT2D eigenvalue weighted by Gasteiger charge is -2.15. The van der Waals surface area contributed by atoms with Crippen molar-refractivity contribution in [1.82, 2.24) is 9.88 Å². The van der Waals surface area contributed by atoms with Gasteiger partial charge in [0, 0.05) is 32.0 Å². The molecule has 1 unspecified atom stereocenters. The molecule has 0 amide bonds. The number of likely N-dealkylation sites (tertiary alicyclic amines) is 1. The lowest BCUT2D eigenvalue weighted by Crippen LogP contribution is -2.25. The van der Waals surface area contributed by atoms with E-state index in [2.05, 4.69) is 9.88 Å². The topological polar surface area (TPSA) is 59.5 Å². The van der Waals surface area contributed by atoms with Crippen molar-refractivity contribution in [3.05, 3.63) is 30.1 Å². The standard InChI is InChI=1S/C12H18N2O3S/c1-2-18(15,16)17-12-5-7-14(10-12)9-11-4-3-6-13-8-11/h3-4,6,8,12H,2,5,7,9-10H2,1H3. The summed E-state index contributed by atoms with van der Waals surface area (Å²) in [6, 6.07) is 3.92. The van der Waals surface area contributed by atoms with E-state index in [1.165, 1.54) is 0 Å². The second-order valence-electron chi connectivity index (χ2n) is 4.45. The molecule has 0 spiro atoms. The summed E-state index contributed by atoms with van der Waals surface area (Å²) in [4.78, 5) is 6.25. The molecule has 0 aliphatic carbocycles. The Morgan fingerprint density at radius 2 is 2.39 bits per heavy atom. The fourth-order valence-corrected chi connectivity index (χ4v) is 2.75. The van der Waals surface area contributed by atoms with Crippen molar-refractivity contribution < 1.29 is 12.6 Å². The molecule has 0 saturated carbocycles. The van der Waals surface area contributed by atoms with Crippen LogP contribution in [0.3, 0.4) is 0 Å². The van der Waals surface area contributed by atoms with E-state index < -0.39 is 10.1 Å². The molecule has 1 fully saturated rings. The summed E-state index contributed by atoms with van der Waals surface area (Å²) in [5.74, 6) is 0.0338. The van der Waals surface area contributed by atoms with Gasteiger partial charge >= 0.3 is 0 Å². The highest BCUT2D eigenvalue weighted by Gasteiger charge is 2.26. The van der Waals surface area contributed by atoms with Gasteiger partial charge in [-0.15, -0.1) is 0 Å². The Balaban J connectivity index is 1.86. The number of hydrogen-bond acceptors (Lipinski definition) is 5. The van der Waals surface area contributed by atoms with Gasteiger partial charge in [-0.25, -0.2) is 0 Å². The van der Waals surface area contributed by atoms with Gasteiger partial charge in [-0.05, 0) is 25.0 Å². The van der Waals surface area contributed by atoms with E-state index in [-0.39, 0.29) is 11.9 Å². The van der Waals surface area contributed by atoms with Crippen LogP contribution in [-0.2, 0) is 20.8 Å². The van der Waals surface area contributed by atoms with Crippen LogP contribution in [-0.4, -0.2) is 43.2 Å². The van der Waals surface area contributed by atoms with Crippen molar-refractivity contribution >= 4 is 10.1 Å². The van der Waals surface area contributed by atoms with Gasteiger partial charge in [0.1, 0.15) is 0 Å². The van der Waals surface area contributed by atoms with Gasteiger partial charge in [-0.2, -0.15) is 8.42 Å². The van der Waals surface area contributed by atoms with Crippen LogP contribution >= 0.6 is 0 Å². The average Bonchev–Trinajstić information content (AvgIpc) is 2.77. The molecule has 1 aromatic rings. The van der Waals surface area contributed by atoms with Crippen molar-refractivity contribution in [1.29, 1.82) is 0 Å². The largest absolute Gasteiger partial charge is 0.296 e. The third-order valence-electron chi connectivity index (χ3n) is 2.99. The molecule has 1 atom stereocenters. The summed E-state index contributed by atoms with van der Waals surface area (Å²) in [5.41, 5.74) is 1.14. The first-order chi connectivity index (χ1) is 8.59. The first-order valence-corrected chi connectivity index (χ1v) is 7.69. The number of aromatic nitrogens is 1. The molecular weight excluding hydrogens is 252 g/mol. The second kappa shape index (κ2) is 5.77. The number of pyridine rings is 1. The number of nitrogens with zero attached hydrogens (tertiary/aromatic N) is 2. The molecule has 6 heteroatoms. The average molecular weight is 270 g/mol. The van der Waals surface area contributed by atoms with Crippen molar-refractivity contribution in [3.8, 4) is 0 Å². The maximum absolute atomic E-state index is 11.4. The van der Waals surface area contributed by atoms with Crippen molar-refractivity contribution in [2.45, 2.75) is 26.0 Å². The molecule has 1 aromatic heterocycles. The van der Waals surface area contributed by atoms with E-state index in [0.717, 1.165) is 25.1 Å². The fourth-order valence-electron chi connectivity index (χ4n) is 2.04. The summed E-state index contributed by atoms with van der Waals surface area (Å²) in [6.45, 7) is 3.91. The smallest absolute Gasteiger partial charge is 0.267 e. The van der Waals surface area contributed by atoms with Gasteiger partial charge in [-0.3, -0.25) is 14.1 Å². The van der Waals surface area contributed by atoms with E-state index in [1.807, 2.05) is 18.3 Å². The van der Waals surface area contributed by atoms with Gasteiger partial charge in [0.2, 0.25) is 0 Å². The first kappa shape index (κ1) is 13.5. The minimum Gasteiger partial charge on any atom is -0.296 e. The lowest BCUT2D eigenvalue weighted by molar-refractivity contribution is 0.205. The van der Waals surface area contributed by atoms with Crippen LogP contribution in [0.25, 0.3) is 0 Å². The van der Waals surface area contributed by atoms with Crippen molar-refractivity contribution in [3.63, 3.8) is 0 Å². The van der Waals surface area contributed by atoms with E-state index >= 15 is 0 Å². The second-order valence-corrected chi connectivity index (χ2v) is 6.33. The zero-order chi connectivity index (χ0) is 13.0. The van der Waals surface area contributed by atoms with Gasteiger partial charge in [0.15, 0.2) is 0 Å². The molecule has 2 heterocycles. The minimum atomic E-state index is -3.34. The van der Waals surface area contributed by atoms with E-state index in [0.29, 0.717) is 6.54 Å². The lowest BCUT2D eigenvalue weighted by atomic mass is 10.3. The molecule has 1 aliphatic heterocycles. The summed E-state index contributed by atoms with van der Waals surface area (Å²) in [6.07, 6.45) is 4.13. The van der Waals surface area contributed by atoms with Crippen molar-refractivity contribution in [2.24, 2.45) is 0 Å². The van der Waals surface area contributed by atoms with Gasteiger partial charge in [0.05, 0.1) is 11.9 Å². The molecule has 0 bridgehead atoms. The summed E-state index contributed by atoms with van der Waals surface area (Å²) in [5, 5.41) is 0. The fraction of sp³-hybridized carbons (Fsp3) is 0.583. The molecule has 2 rings (SSSR count). The Kier molecular flexibility index (Phi) is 4.31. The zero-order valence-corrected chi connectivity index (χ0v) is 11.3. The highest BCUT2D eigenvalue weighted by Crippen LogP contribution is 2.17. The van der Waals surface area contributed by atoms with E-state index in [4.69, 9.17) is 4.18 Å². The first-order valence-electron chi connectivity index (χ1n) is 6.11. The Bertz CT molecular complexity index is 475. The highest BCUT2D eigenvalue weighted by molar-refractivity contribution is 7.86. The van der Waals surface area contributed by atoms with Crippen LogP contribution in [0.1, 0.15) is 18.9 Å². The Morgan fingerprint density at radius 3 is 3.06 bits per heavy atom. The van der Waals surface area contributed by atoms with Crippen LogP contribution in [0.15, 0.2) is 24.5 Å². The zero-order valence-electron chi connectivity index (χ0n) is 10.4. The SMILES string of the molecule is CCS(=O)(=O)OC1CCN(Cc2cccnc2)C1. The molecule has 5 nitrogen and oxygen atoms in total. The van der Waals surface area contributed by atoms with Gasteiger partial charge in [-0.1, -0.05) is 6.07 Å². The normalized spacial score (nSPS) is 21.3. The van der Waals surface area contributed by atoms with Crippen LogP contribution in [0, 0.1) is 0 Å². The Morgan fingerprint density at radius 1 is 1.56 bits per heavy atom. The third-order valence-corrected chi connectivity index (χ3v) is 4.27. The predicted molar refractivity (Wildman–Crippen MR) is 68.5 cm³/mol. The number of hydrogen-bond donors (Lipinski definition) is 0. The molecular formula is C12H18N2O3S. The molecule has 100 valence electrons. The maximum atomic E-state index is 11.4. The molecule has 1 aliphatic rings. The molecule has 0 N–H and O–H groups in total. The van der Waals surface area contributed by atoms with Crippen LogP contribution in [0.4, 0.5) is 0 Å². The number of rotatable bonds is 5. The van der Waals surface area contributed by atoms with Gasteiger partial charge < -0.3 is 0 Å². The summed E-state index contributed by atoms with van der Waals surface area (Å²) < 4.78 is 27.9. The van der Waals surface area contributed by atoms with E-state index in [9.17, 15) is 8.42 Å². The van der Waals surface area contributed by atoms with E-state index in [1.54, 1.807) is 13.1 Å². The molecule has 0 aromatic carbocycles. The van der Waals surface area contributed by atoms with Crippen LogP contribution < -0.4 is 0 Å². The Labute approximate surface area is 108 Å². The van der Waals surface area contributed by atoms with Crippen LogP contribution in [0.2, 0.25) is 0 Å². The quantitative estimate of drug-likeness (QED) is 0.748. The van der Waals surface area contributed by atoms with Crippen LogP contribution in [0.5, 0.6) is 0 Å². The molecule has 1 saturated heterocycles. The van der Waals surface area contributed by atoms with Crippen molar-refractivity contribution in [2.75, 3.05) is 18.8 Å². The highest BCUT2D eigenvalue weighted by atomic mass is 32.2. The summed E-state index contributed by atoms with van der Waals surface area (Å²) in [7, 11) is -3.34. The Hall–Kier alpha value is -0.980. The van der Waals surface area contributed by atoms with Gasteiger partial charge in [0.25, 0.3) is 10.1 Å². The maximum Gasteiger partial charge on any atom is 0.267 e. The summed E-state index contributed by atoms with van der Waals surface area (Å²) >= 11 is 0. The minimum absolute atomic E-state index is 0.0338. The molecule has 18 heavy (non-hydrogen) atoms.